The van der Waals surface area contributed by atoms with Gasteiger partial charge in [-0.2, -0.15) is 0 Å². The first-order chi connectivity index (χ1) is 10.0. The SMILES string of the molecule is Cc1cccc(NC(=O)NC(C)Oc2ccc(O)cc2)c1. The van der Waals surface area contributed by atoms with Gasteiger partial charge in [0.25, 0.3) is 0 Å². The number of aryl methyl sites for hydroxylation is 1. The molecule has 1 unspecified atom stereocenters. The van der Waals surface area contributed by atoms with Crippen molar-refractivity contribution in [3.05, 3.63) is 54.1 Å². The van der Waals surface area contributed by atoms with Crippen LogP contribution in [-0.2, 0) is 0 Å². The summed E-state index contributed by atoms with van der Waals surface area (Å²) in [4.78, 5) is 11.8. The molecule has 2 aromatic carbocycles. The number of ether oxygens (including phenoxy) is 1. The minimum absolute atomic E-state index is 0.167. The van der Waals surface area contributed by atoms with Crippen LogP contribution >= 0.6 is 0 Å². The maximum Gasteiger partial charge on any atom is 0.322 e. The molecular weight excluding hydrogens is 268 g/mol. The number of aromatic hydroxyl groups is 1. The van der Waals surface area contributed by atoms with Crippen molar-refractivity contribution < 1.29 is 14.6 Å². The van der Waals surface area contributed by atoms with Crippen LogP contribution in [0.25, 0.3) is 0 Å². The molecule has 3 N–H and O–H groups in total. The van der Waals surface area contributed by atoms with Crippen molar-refractivity contribution >= 4 is 11.7 Å². The molecule has 2 amide bonds. The standard InChI is InChI=1S/C16H18N2O3/c1-11-4-3-5-13(10-11)18-16(20)17-12(2)21-15-8-6-14(19)7-9-15/h3-10,12,19H,1-2H3,(H2,17,18,20). The summed E-state index contributed by atoms with van der Waals surface area (Å²) in [6, 6.07) is 13.5. The van der Waals surface area contributed by atoms with Crippen molar-refractivity contribution in [3.8, 4) is 11.5 Å². The molecule has 0 aromatic heterocycles. The summed E-state index contributed by atoms with van der Waals surface area (Å²) >= 11 is 0. The first-order valence-electron chi connectivity index (χ1n) is 6.63. The van der Waals surface area contributed by atoms with Gasteiger partial charge in [-0.15, -0.1) is 0 Å². The lowest BCUT2D eigenvalue weighted by atomic mass is 10.2. The fourth-order valence-corrected chi connectivity index (χ4v) is 1.83. The Bertz CT molecular complexity index is 611. The van der Waals surface area contributed by atoms with E-state index in [9.17, 15) is 9.90 Å². The minimum Gasteiger partial charge on any atom is -0.508 e. The van der Waals surface area contributed by atoms with Gasteiger partial charge < -0.3 is 20.5 Å². The third kappa shape index (κ3) is 4.72. The smallest absolute Gasteiger partial charge is 0.322 e. The Morgan fingerprint density at radius 3 is 2.57 bits per heavy atom. The van der Waals surface area contributed by atoms with Gasteiger partial charge in [-0.25, -0.2) is 4.79 Å². The Kier molecular flexibility index (Phi) is 4.66. The number of urea groups is 1. The number of hydrogen-bond donors (Lipinski definition) is 3. The highest BCUT2D eigenvalue weighted by Gasteiger charge is 2.08. The molecule has 21 heavy (non-hydrogen) atoms. The average Bonchev–Trinajstić information content (AvgIpc) is 2.41. The zero-order chi connectivity index (χ0) is 15.2. The Hall–Kier alpha value is -2.69. The van der Waals surface area contributed by atoms with E-state index in [1.807, 2.05) is 31.2 Å². The molecule has 5 heteroatoms. The van der Waals surface area contributed by atoms with Crippen LogP contribution in [0.2, 0.25) is 0 Å². The molecular formula is C16H18N2O3. The highest BCUT2D eigenvalue weighted by molar-refractivity contribution is 5.89. The number of nitrogens with one attached hydrogen (secondary N) is 2. The number of carbonyl (C=O) groups is 1. The third-order valence-electron chi connectivity index (χ3n) is 2.76. The molecule has 0 fully saturated rings. The summed E-state index contributed by atoms with van der Waals surface area (Å²) in [5.74, 6) is 0.733. The Morgan fingerprint density at radius 2 is 1.90 bits per heavy atom. The zero-order valence-corrected chi connectivity index (χ0v) is 12.0. The van der Waals surface area contributed by atoms with Crippen molar-refractivity contribution in [1.29, 1.82) is 0 Å². The molecule has 0 saturated heterocycles. The van der Waals surface area contributed by atoms with Gasteiger partial charge in [0.2, 0.25) is 0 Å². The van der Waals surface area contributed by atoms with Gasteiger partial charge in [0, 0.05) is 5.69 Å². The van der Waals surface area contributed by atoms with Crippen molar-refractivity contribution in [2.24, 2.45) is 0 Å². The molecule has 110 valence electrons. The number of phenols is 1. The van der Waals surface area contributed by atoms with Crippen LogP contribution in [0.4, 0.5) is 10.5 Å². The molecule has 0 spiro atoms. The van der Waals surface area contributed by atoms with Gasteiger partial charge in [-0.05, 0) is 55.8 Å². The zero-order valence-electron chi connectivity index (χ0n) is 12.0. The molecule has 0 bridgehead atoms. The Morgan fingerprint density at radius 1 is 1.19 bits per heavy atom. The quantitative estimate of drug-likeness (QED) is 0.756. The molecule has 0 aliphatic rings. The van der Waals surface area contributed by atoms with Gasteiger partial charge in [0.15, 0.2) is 6.23 Å². The van der Waals surface area contributed by atoms with E-state index in [0.29, 0.717) is 5.75 Å². The number of rotatable bonds is 4. The molecule has 2 rings (SSSR count). The summed E-state index contributed by atoms with van der Waals surface area (Å²) in [6.07, 6.45) is -0.501. The molecule has 0 aliphatic carbocycles. The number of amides is 2. The summed E-state index contributed by atoms with van der Waals surface area (Å²) < 4.78 is 5.52. The fourth-order valence-electron chi connectivity index (χ4n) is 1.83. The highest BCUT2D eigenvalue weighted by atomic mass is 16.5. The Balaban J connectivity index is 1.86. The maximum absolute atomic E-state index is 11.8. The molecule has 0 aliphatic heterocycles. The van der Waals surface area contributed by atoms with Crippen molar-refractivity contribution in [2.45, 2.75) is 20.1 Å². The molecule has 0 heterocycles. The predicted octanol–water partition coefficient (Wildman–Crippen LogP) is 3.25. The van der Waals surface area contributed by atoms with Crippen LogP contribution in [0.3, 0.4) is 0 Å². The minimum atomic E-state index is -0.501. The van der Waals surface area contributed by atoms with E-state index in [1.165, 1.54) is 12.1 Å². The van der Waals surface area contributed by atoms with E-state index in [0.717, 1.165) is 11.3 Å². The topological polar surface area (TPSA) is 70.6 Å². The van der Waals surface area contributed by atoms with Gasteiger partial charge >= 0.3 is 6.03 Å². The average molecular weight is 286 g/mol. The lowest BCUT2D eigenvalue weighted by molar-refractivity contribution is 0.183. The summed E-state index contributed by atoms with van der Waals surface area (Å²) in [5.41, 5.74) is 1.80. The second kappa shape index (κ2) is 6.65. The molecule has 0 saturated carbocycles. The lowest BCUT2D eigenvalue weighted by Crippen LogP contribution is -2.39. The molecule has 1 atom stereocenters. The molecule has 5 nitrogen and oxygen atoms in total. The second-order valence-corrected chi connectivity index (χ2v) is 4.72. The van der Waals surface area contributed by atoms with Crippen LogP contribution in [0.1, 0.15) is 12.5 Å². The number of anilines is 1. The summed E-state index contributed by atoms with van der Waals surface area (Å²) in [6.45, 7) is 3.68. The van der Waals surface area contributed by atoms with Crippen LogP contribution < -0.4 is 15.4 Å². The predicted molar refractivity (Wildman–Crippen MR) is 81.5 cm³/mol. The van der Waals surface area contributed by atoms with Crippen molar-refractivity contribution in [1.82, 2.24) is 5.32 Å². The fraction of sp³-hybridized carbons (Fsp3) is 0.188. The molecule has 0 radical (unpaired) electrons. The largest absolute Gasteiger partial charge is 0.508 e. The maximum atomic E-state index is 11.8. The lowest BCUT2D eigenvalue weighted by Gasteiger charge is -2.17. The second-order valence-electron chi connectivity index (χ2n) is 4.72. The third-order valence-corrected chi connectivity index (χ3v) is 2.76. The van der Waals surface area contributed by atoms with Crippen LogP contribution in [-0.4, -0.2) is 17.4 Å². The molecule has 2 aromatic rings. The van der Waals surface area contributed by atoms with E-state index in [1.54, 1.807) is 19.1 Å². The number of phenolic OH excluding ortho intramolecular Hbond substituents is 1. The van der Waals surface area contributed by atoms with Crippen molar-refractivity contribution in [2.75, 3.05) is 5.32 Å². The van der Waals surface area contributed by atoms with Crippen molar-refractivity contribution in [3.63, 3.8) is 0 Å². The highest BCUT2D eigenvalue weighted by Crippen LogP contribution is 2.16. The van der Waals surface area contributed by atoms with Crippen LogP contribution in [0.5, 0.6) is 11.5 Å². The van der Waals surface area contributed by atoms with E-state index in [2.05, 4.69) is 10.6 Å². The van der Waals surface area contributed by atoms with Crippen LogP contribution in [0, 0.1) is 6.92 Å². The number of benzene rings is 2. The van der Waals surface area contributed by atoms with Gasteiger partial charge in [0.05, 0.1) is 0 Å². The summed E-state index contributed by atoms with van der Waals surface area (Å²) in [7, 11) is 0. The van der Waals surface area contributed by atoms with Gasteiger partial charge in [0.1, 0.15) is 11.5 Å². The van der Waals surface area contributed by atoms with Crippen LogP contribution in [0.15, 0.2) is 48.5 Å². The van der Waals surface area contributed by atoms with E-state index < -0.39 is 6.23 Å². The monoisotopic (exact) mass is 286 g/mol. The number of hydrogen-bond acceptors (Lipinski definition) is 3. The van der Waals surface area contributed by atoms with E-state index >= 15 is 0 Å². The van der Waals surface area contributed by atoms with Gasteiger partial charge in [-0.3, -0.25) is 0 Å². The Labute approximate surface area is 123 Å². The van der Waals surface area contributed by atoms with E-state index in [-0.39, 0.29) is 11.8 Å². The van der Waals surface area contributed by atoms with E-state index in [4.69, 9.17) is 4.74 Å². The van der Waals surface area contributed by atoms with Gasteiger partial charge in [-0.1, -0.05) is 12.1 Å². The number of carbonyl (C=O) groups excluding carboxylic acids is 1. The first-order valence-corrected chi connectivity index (χ1v) is 6.63. The normalized spacial score (nSPS) is 11.5. The summed E-state index contributed by atoms with van der Waals surface area (Å²) in [5, 5.41) is 14.6. The first kappa shape index (κ1) is 14.7.